The van der Waals surface area contributed by atoms with Gasteiger partial charge in [0.05, 0.1) is 13.2 Å². The predicted molar refractivity (Wildman–Crippen MR) is 102 cm³/mol. The second-order valence-corrected chi connectivity index (χ2v) is 6.41. The summed E-state index contributed by atoms with van der Waals surface area (Å²) in [6.07, 6.45) is -1.00. The average molecular weight is 384 g/mol. The lowest BCUT2D eigenvalue weighted by atomic mass is 10.2. The quantitative estimate of drug-likeness (QED) is 0.856. The molecule has 1 atom stereocenters. The van der Waals surface area contributed by atoms with Crippen LogP contribution in [0.4, 0.5) is 9.59 Å². The number of benzene rings is 2. The Morgan fingerprint density at radius 3 is 2.21 bits per heavy atom. The van der Waals surface area contributed by atoms with Gasteiger partial charge in [0.1, 0.15) is 13.2 Å². The molecule has 0 bridgehead atoms. The molecule has 2 amide bonds. The Kier molecular flexibility index (Phi) is 7.26. The van der Waals surface area contributed by atoms with E-state index in [-0.39, 0.29) is 19.8 Å². The van der Waals surface area contributed by atoms with Crippen LogP contribution >= 0.6 is 0 Å². The molecule has 3 rings (SSSR count). The molecule has 7 nitrogen and oxygen atoms in total. The van der Waals surface area contributed by atoms with Crippen LogP contribution in [-0.4, -0.2) is 43.0 Å². The minimum atomic E-state index is -0.643. The number of carbonyl (C=O) groups is 2. The Balaban J connectivity index is 1.46. The molecule has 0 radical (unpaired) electrons. The molecule has 2 aromatic carbocycles. The van der Waals surface area contributed by atoms with Gasteiger partial charge in [-0.3, -0.25) is 5.32 Å². The van der Waals surface area contributed by atoms with Gasteiger partial charge in [0.25, 0.3) is 0 Å². The van der Waals surface area contributed by atoms with Gasteiger partial charge in [-0.2, -0.15) is 0 Å². The molecule has 1 saturated heterocycles. The van der Waals surface area contributed by atoms with Crippen LogP contribution in [0.5, 0.6) is 0 Å². The average Bonchev–Trinajstić information content (AvgIpc) is 2.97. The standard InChI is InChI=1S/C21H24N2O5/c24-20(27-15-17-8-3-1-4-9-17)22-19-14-23(12-7-13-26-19)21(25)28-16-18-10-5-2-6-11-18/h1-6,8-11,19H,7,12-16H2,(H,22,24)/t19-/m1/s1. The van der Waals surface area contributed by atoms with Gasteiger partial charge in [0.15, 0.2) is 6.23 Å². The van der Waals surface area contributed by atoms with Crippen LogP contribution < -0.4 is 5.32 Å². The lowest BCUT2D eigenvalue weighted by Crippen LogP contribution is -2.46. The predicted octanol–water partition coefficient (Wildman–Crippen LogP) is 3.30. The Morgan fingerprint density at radius 1 is 0.964 bits per heavy atom. The van der Waals surface area contributed by atoms with Crippen LogP contribution in [0.15, 0.2) is 60.7 Å². The lowest BCUT2D eigenvalue weighted by Gasteiger charge is -2.23. The van der Waals surface area contributed by atoms with Gasteiger partial charge in [-0.05, 0) is 17.5 Å². The second-order valence-electron chi connectivity index (χ2n) is 6.41. The summed E-state index contributed by atoms with van der Waals surface area (Å²) in [4.78, 5) is 25.9. The number of alkyl carbamates (subject to hydrolysis) is 1. The fourth-order valence-corrected chi connectivity index (χ4v) is 2.79. The minimum Gasteiger partial charge on any atom is -0.445 e. The van der Waals surface area contributed by atoms with Crippen molar-refractivity contribution in [3.05, 3.63) is 71.8 Å². The summed E-state index contributed by atoms with van der Waals surface area (Å²) < 4.78 is 16.2. The van der Waals surface area contributed by atoms with E-state index in [1.165, 1.54) is 4.90 Å². The maximum absolute atomic E-state index is 12.4. The molecular formula is C21H24N2O5. The van der Waals surface area contributed by atoms with Crippen molar-refractivity contribution >= 4 is 12.2 Å². The van der Waals surface area contributed by atoms with E-state index >= 15 is 0 Å². The summed E-state index contributed by atoms with van der Waals surface area (Å²) in [5.41, 5.74) is 1.81. The molecule has 1 aliphatic heterocycles. The first-order chi connectivity index (χ1) is 13.7. The summed E-state index contributed by atoms with van der Waals surface area (Å²) in [6, 6.07) is 18.9. The van der Waals surface area contributed by atoms with E-state index in [2.05, 4.69) is 5.32 Å². The molecule has 1 aliphatic rings. The molecule has 0 spiro atoms. The van der Waals surface area contributed by atoms with Crippen LogP contribution in [0.25, 0.3) is 0 Å². The zero-order valence-corrected chi connectivity index (χ0v) is 15.6. The molecule has 1 fully saturated rings. The van der Waals surface area contributed by atoms with Crippen molar-refractivity contribution in [3.8, 4) is 0 Å². The van der Waals surface area contributed by atoms with E-state index in [1.807, 2.05) is 60.7 Å². The molecule has 2 aromatic rings. The third-order valence-electron chi connectivity index (χ3n) is 4.23. The van der Waals surface area contributed by atoms with Gasteiger partial charge in [-0.25, -0.2) is 9.59 Å². The number of nitrogens with one attached hydrogen (secondary N) is 1. The Morgan fingerprint density at radius 2 is 1.57 bits per heavy atom. The van der Waals surface area contributed by atoms with Crippen molar-refractivity contribution in [1.82, 2.24) is 10.2 Å². The van der Waals surface area contributed by atoms with Crippen LogP contribution in [0.3, 0.4) is 0 Å². The highest BCUT2D eigenvalue weighted by Crippen LogP contribution is 2.09. The SMILES string of the molecule is O=C(N[C@H]1CN(C(=O)OCc2ccccc2)CCCO1)OCc1ccccc1. The Bertz CT molecular complexity index is 754. The Hall–Kier alpha value is -3.06. The largest absolute Gasteiger partial charge is 0.445 e. The summed E-state index contributed by atoms with van der Waals surface area (Å²) in [5.74, 6) is 0. The third-order valence-corrected chi connectivity index (χ3v) is 4.23. The Labute approximate surface area is 164 Å². The van der Waals surface area contributed by atoms with Gasteiger partial charge in [0.2, 0.25) is 0 Å². The van der Waals surface area contributed by atoms with Gasteiger partial charge in [-0.15, -0.1) is 0 Å². The van der Waals surface area contributed by atoms with Crippen LogP contribution in [-0.2, 0) is 27.4 Å². The summed E-state index contributed by atoms with van der Waals surface area (Å²) in [5, 5.41) is 2.65. The first-order valence-corrected chi connectivity index (χ1v) is 9.25. The van der Waals surface area contributed by atoms with Crippen LogP contribution in [0.2, 0.25) is 0 Å². The molecule has 7 heteroatoms. The summed E-state index contributed by atoms with van der Waals surface area (Å²) in [7, 11) is 0. The highest BCUT2D eigenvalue weighted by molar-refractivity contribution is 5.69. The number of carbonyl (C=O) groups excluding carboxylic acids is 2. The maximum atomic E-state index is 12.4. The monoisotopic (exact) mass is 384 g/mol. The number of nitrogens with zero attached hydrogens (tertiary/aromatic N) is 1. The zero-order valence-electron chi connectivity index (χ0n) is 15.6. The van der Waals surface area contributed by atoms with Crippen molar-refractivity contribution in [2.45, 2.75) is 25.9 Å². The molecule has 0 aliphatic carbocycles. The maximum Gasteiger partial charge on any atom is 0.410 e. The molecular weight excluding hydrogens is 360 g/mol. The lowest BCUT2D eigenvalue weighted by molar-refractivity contribution is 0.0225. The van der Waals surface area contributed by atoms with Crippen molar-refractivity contribution < 1.29 is 23.8 Å². The van der Waals surface area contributed by atoms with Crippen molar-refractivity contribution in [2.75, 3.05) is 19.7 Å². The van der Waals surface area contributed by atoms with Crippen molar-refractivity contribution in [3.63, 3.8) is 0 Å². The van der Waals surface area contributed by atoms with Crippen LogP contribution in [0.1, 0.15) is 17.5 Å². The molecule has 0 unspecified atom stereocenters. The number of rotatable bonds is 5. The molecule has 1 N–H and O–H groups in total. The smallest absolute Gasteiger partial charge is 0.410 e. The summed E-state index contributed by atoms with van der Waals surface area (Å²) in [6.45, 7) is 1.52. The highest BCUT2D eigenvalue weighted by Gasteiger charge is 2.25. The van der Waals surface area contributed by atoms with Gasteiger partial charge < -0.3 is 19.1 Å². The number of hydrogen-bond donors (Lipinski definition) is 1. The van der Waals surface area contributed by atoms with Crippen molar-refractivity contribution in [2.24, 2.45) is 0 Å². The van der Waals surface area contributed by atoms with Crippen molar-refractivity contribution in [1.29, 1.82) is 0 Å². The number of amides is 2. The van der Waals surface area contributed by atoms with E-state index in [4.69, 9.17) is 14.2 Å². The van der Waals surface area contributed by atoms with E-state index in [1.54, 1.807) is 0 Å². The second kappa shape index (κ2) is 10.3. The van der Waals surface area contributed by atoms with E-state index in [0.717, 1.165) is 11.1 Å². The van der Waals surface area contributed by atoms with Gasteiger partial charge in [0, 0.05) is 6.54 Å². The number of ether oxygens (including phenoxy) is 3. The van der Waals surface area contributed by atoms with Crippen LogP contribution in [0, 0.1) is 0 Å². The molecule has 0 saturated carbocycles. The van der Waals surface area contributed by atoms with E-state index in [9.17, 15) is 9.59 Å². The fourth-order valence-electron chi connectivity index (χ4n) is 2.79. The minimum absolute atomic E-state index is 0.169. The first-order valence-electron chi connectivity index (χ1n) is 9.25. The molecule has 0 aromatic heterocycles. The summed E-state index contributed by atoms with van der Waals surface area (Å²) >= 11 is 0. The fraction of sp³-hybridized carbons (Fsp3) is 0.333. The first kappa shape index (κ1) is 19.7. The van der Waals surface area contributed by atoms with Gasteiger partial charge >= 0.3 is 12.2 Å². The molecule has 148 valence electrons. The van der Waals surface area contributed by atoms with Gasteiger partial charge in [-0.1, -0.05) is 60.7 Å². The zero-order chi connectivity index (χ0) is 19.6. The topological polar surface area (TPSA) is 77.1 Å². The van der Waals surface area contributed by atoms with E-state index in [0.29, 0.717) is 19.6 Å². The molecule has 1 heterocycles. The normalized spacial score (nSPS) is 16.7. The third kappa shape index (κ3) is 6.28. The number of hydrogen-bond acceptors (Lipinski definition) is 5. The van der Waals surface area contributed by atoms with E-state index < -0.39 is 18.4 Å². The molecule has 28 heavy (non-hydrogen) atoms. The highest BCUT2D eigenvalue weighted by atomic mass is 16.6.